The number of carbonyl (C=O) groups excluding carboxylic acids is 1. The molecule has 0 atom stereocenters. The van der Waals surface area contributed by atoms with Crippen molar-refractivity contribution in [2.75, 3.05) is 12.4 Å². The fourth-order valence-electron chi connectivity index (χ4n) is 2.20. The minimum absolute atomic E-state index is 0.0984. The van der Waals surface area contributed by atoms with Gasteiger partial charge in [-0.3, -0.25) is 4.79 Å². The number of hydrogen-bond acceptors (Lipinski definition) is 2. The van der Waals surface area contributed by atoms with Crippen molar-refractivity contribution in [1.29, 1.82) is 0 Å². The topological polar surface area (TPSA) is 38.3 Å². The lowest BCUT2D eigenvalue weighted by Crippen LogP contribution is -2.34. The van der Waals surface area contributed by atoms with Crippen LogP contribution < -0.4 is 10.1 Å². The maximum absolute atomic E-state index is 12.7. The van der Waals surface area contributed by atoms with Crippen molar-refractivity contribution in [3.8, 4) is 5.75 Å². The zero-order chi connectivity index (χ0) is 16.3. The van der Waals surface area contributed by atoms with Gasteiger partial charge in [-0.2, -0.15) is 0 Å². The third-order valence-corrected chi connectivity index (χ3v) is 3.99. The van der Waals surface area contributed by atoms with Crippen molar-refractivity contribution < 1.29 is 9.53 Å². The molecule has 2 rings (SSSR count). The first-order chi connectivity index (χ1) is 10.3. The van der Waals surface area contributed by atoms with Crippen LogP contribution in [0, 0.1) is 6.92 Å². The summed E-state index contributed by atoms with van der Waals surface area (Å²) in [4.78, 5) is 12.7. The SMILES string of the molecule is COc1ccc(C)cc1NC(=O)C(C)(C)c1ccc(Cl)cc1. The number of ether oxygens (including phenoxy) is 1. The first kappa shape index (κ1) is 16.4. The van der Waals surface area contributed by atoms with Gasteiger partial charge in [-0.25, -0.2) is 0 Å². The molecule has 0 spiro atoms. The van der Waals surface area contributed by atoms with Crippen LogP contribution in [0.1, 0.15) is 25.0 Å². The summed E-state index contributed by atoms with van der Waals surface area (Å²) in [6.45, 7) is 5.74. The van der Waals surface area contributed by atoms with E-state index < -0.39 is 5.41 Å². The van der Waals surface area contributed by atoms with E-state index in [4.69, 9.17) is 16.3 Å². The van der Waals surface area contributed by atoms with Crippen molar-refractivity contribution in [1.82, 2.24) is 0 Å². The molecule has 116 valence electrons. The first-order valence-corrected chi connectivity index (χ1v) is 7.44. The van der Waals surface area contributed by atoms with E-state index in [0.717, 1.165) is 11.1 Å². The van der Waals surface area contributed by atoms with Crippen LogP contribution in [0.4, 0.5) is 5.69 Å². The van der Waals surface area contributed by atoms with Crippen LogP contribution >= 0.6 is 11.6 Å². The van der Waals surface area contributed by atoms with Crippen molar-refractivity contribution in [2.45, 2.75) is 26.2 Å². The fraction of sp³-hybridized carbons (Fsp3) is 0.278. The molecular formula is C18H20ClNO2. The van der Waals surface area contributed by atoms with Crippen LogP contribution in [0.15, 0.2) is 42.5 Å². The lowest BCUT2D eigenvalue weighted by atomic mass is 9.83. The Kier molecular flexibility index (Phi) is 4.77. The Hall–Kier alpha value is -2.00. The number of amides is 1. The van der Waals surface area contributed by atoms with Gasteiger partial charge in [0.1, 0.15) is 5.75 Å². The summed E-state index contributed by atoms with van der Waals surface area (Å²) >= 11 is 5.91. The fourth-order valence-corrected chi connectivity index (χ4v) is 2.32. The molecular weight excluding hydrogens is 298 g/mol. The zero-order valence-electron chi connectivity index (χ0n) is 13.2. The molecule has 0 aromatic heterocycles. The number of benzene rings is 2. The van der Waals surface area contributed by atoms with E-state index in [0.29, 0.717) is 16.5 Å². The summed E-state index contributed by atoms with van der Waals surface area (Å²) in [6.07, 6.45) is 0. The Bertz CT molecular complexity index is 678. The molecule has 1 amide bonds. The second kappa shape index (κ2) is 6.41. The van der Waals surface area contributed by atoms with E-state index >= 15 is 0 Å². The highest BCUT2D eigenvalue weighted by atomic mass is 35.5. The predicted molar refractivity (Wildman–Crippen MR) is 90.8 cm³/mol. The predicted octanol–water partition coefficient (Wildman–Crippen LogP) is 4.57. The van der Waals surface area contributed by atoms with Crippen LogP contribution in [0.5, 0.6) is 5.75 Å². The summed E-state index contributed by atoms with van der Waals surface area (Å²) in [5.74, 6) is 0.546. The van der Waals surface area contributed by atoms with Gasteiger partial charge in [0.15, 0.2) is 0 Å². The monoisotopic (exact) mass is 317 g/mol. The standard InChI is InChI=1S/C18H20ClNO2/c1-12-5-10-16(22-4)15(11-12)20-17(21)18(2,3)13-6-8-14(19)9-7-13/h5-11H,1-4H3,(H,20,21). The molecule has 0 heterocycles. The molecule has 0 aliphatic heterocycles. The van der Waals surface area contributed by atoms with Crippen molar-refractivity contribution >= 4 is 23.2 Å². The Labute approximate surface area is 136 Å². The normalized spacial score (nSPS) is 11.1. The summed E-state index contributed by atoms with van der Waals surface area (Å²) in [7, 11) is 1.59. The molecule has 2 aromatic carbocycles. The zero-order valence-corrected chi connectivity index (χ0v) is 14.0. The average Bonchev–Trinajstić information content (AvgIpc) is 2.48. The lowest BCUT2D eigenvalue weighted by molar-refractivity contribution is -0.120. The molecule has 0 saturated heterocycles. The van der Waals surface area contributed by atoms with Crippen molar-refractivity contribution in [3.05, 3.63) is 58.6 Å². The summed E-state index contributed by atoms with van der Waals surface area (Å²) in [5, 5.41) is 3.61. The van der Waals surface area contributed by atoms with E-state index in [1.807, 2.05) is 51.1 Å². The van der Waals surface area contributed by atoms with Gasteiger partial charge in [0, 0.05) is 5.02 Å². The van der Waals surface area contributed by atoms with E-state index in [9.17, 15) is 4.79 Å². The summed E-state index contributed by atoms with van der Waals surface area (Å²) < 4.78 is 5.30. The molecule has 0 radical (unpaired) electrons. The van der Waals surface area contributed by atoms with Crippen LogP contribution in [0.2, 0.25) is 5.02 Å². The molecule has 0 aliphatic rings. The van der Waals surface area contributed by atoms with Crippen LogP contribution in [0.3, 0.4) is 0 Å². The van der Waals surface area contributed by atoms with E-state index in [1.165, 1.54) is 0 Å². The molecule has 2 aromatic rings. The van der Waals surface area contributed by atoms with E-state index in [1.54, 1.807) is 19.2 Å². The largest absolute Gasteiger partial charge is 0.495 e. The molecule has 0 saturated carbocycles. The molecule has 4 heteroatoms. The highest BCUT2D eigenvalue weighted by Gasteiger charge is 2.30. The summed E-state index contributed by atoms with van der Waals surface area (Å²) in [5.41, 5.74) is 1.95. The maximum atomic E-state index is 12.7. The molecule has 1 N–H and O–H groups in total. The van der Waals surface area contributed by atoms with Gasteiger partial charge in [0.2, 0.25) is 5.91 Å². The quantitative estimate of drug-likeness (QED) is 0.896. The number of halogens is 1. The van der Waals surface area contributed by atoms with Crippen LogP contribution in [-0.2, 0) is 10.2 Å². The van der Waals surface area contributed by atoms with Crippen LogP contribution in [-0.4, -0.2) is 13.0 Å². The highest BCUT2D eigenvalue weighted by Crippen LogP contribution is 2.30. The number of methoxy groups -OCH3 is 1. The van der Waals surface area contributed by atoms with Crippen molar-refractivity contribution in [2.24, 2.45) is 0 Å². The average molecular weight is 318 g/mol. The second-order valence-corrected chi connectivity index (χ2v) is 6.23. The minimum Gasteiger partial charge on any atom is -0.495 e. The van der Waals surface area contributed by atoms with Gasteiger partial charge in [0.05, 0.1) is 18.2 Å². The van der Waals surface area contributed by atoms with Gasteiger partial charge in [0.25, 0.3) is 0 Å². The first-order valence-electron chi connectivity index (χ1n) is 7.06. The van der Waals surface area contributed by atoms with Crippen LogP contribution in [0.25, 0.3) is 0 Å². The Morgan fingerprint density at radius 1 is 1.14 bits per heavy atom. The third kappa shape index (κ3) is 3.42. The molecule has 0 aliphatic carbocycles. The Morgan fingerprint density at radius 2 is 1.77 bits per heavy atom. The summed E-state index contributed by atoms with van der Waals surface area (Å²) in [6, 6.07) is 13.0. The second-order valence-electron chi connectivity index (χ2n) is 5.79. The number of aryl methyl sites for hydroxylation is 1. The number of nitrogens with one attached hydrogen (secondary N) is 1. The van der Waals surface area contributed by atoms with Crippen molar-refractivity contribution in [3.63, 3.8) is 0 Å². The smallest absolute Gasteiger partial charge is 0.234 e. The Balaban J connectivity index is 2.28. The number of carbonyl (C=O) groups is 1. The van der Waals surface area contributed by atoms with Gasteiger partial charge in [-0.15, -0.1) is 0 Å². The Morgan fingerprint density at radius 3 is 2.36 bits per heavy atom. The van der Waals surface area contributed by atoms with Gasteiger partial charge >= 0.3 is 0 Å². The number of anilines is 1. The third-order valence-electron chi connectivity index (χ3n) is 3.74. The van der Waals surface area contributed by atoms with Gasteiger partial charge in [-0.05, 0) is 56.2 Å². The van der Waals surface area contributed by atoms with Gasteiger partial charge in [-0.1, -0.05) is 29.8 Å². The van der Waals surface area contributed by atoms with E-state index in [2.05, 4.69) is 5.32 Å². The van der Waals surface area contributed by atoms with Gasteiger partial charge < -0.3 is 10.1 Å². The highest BCUT2D eigenvalue weighted by molar-refractivity contribution is 6.30. The molecule has 22 heavy (non-hydrogen) atoms. The molecule has 0 unspecified atom stereocenters. The molecule has 0 bridgehead atoms. The van der Waals surface area contributed by atoms with E-state index in [-0.39, 0.29) is 5.91 Å². The minimum atomic E-state index is -0.681. The number of rotatable bonds is 4. The molecule has 3 nitrogen and oxygen atoms in total. The maximum Gasteiger partial charge on any atom is 0.234 e. The lowest BCUT2D eigenvalue weighted by Gasteiger charge is -2.25. The molecule has 0 fully saturated rings. The number of hydrogen-bond donors (Lipinski definition) is 1.